The number of aryl methyl sites for hydroxylation is 1. The molecule has 1 unspecified atom stereocenters. The van der Waals surface area contributed by atoms with Crippen molar-refractivity contribution in [1.82, 2.24) is 0 Å². The second-order valence-corrected chi connectivity index (χ2v) is 5.59. The summed E-state index contributed by atoms with van der Waals surface area (Å²) in [5.74, 6) is 0.917. The van der Waals surface area contributed by atoms with Gasteiger partial charge in [0.2, 0.25) is 0 Å². The van der Waals surface area contributed by atoms with Crippen LogP contribution in [0.25, 0.3) is 0 Å². The van der Waals surface area contributed by atoms with E-state index in [1.54, 1.807) is 7.11 Å². The van der Waals surface area contributed by atoms with E-state index in [9.17, 15) is 0 Å². The van der Waals surface area contributed by atoms with Gasteiger partial charge >= 0.3 is 0 Å². The lowest BCUT2D eigenvalue weighted by Crippen LogP contribution is -2.09. The highest BCUT2D eigenvalue weighted by atomic mass is 79.9. The Morgan fingerprint density at radius 3 is 2.65 bits per heavy atom. The number of nitrogens with two attached hydrogens (primary N) is 1. The fraction of sp³-hybridized carbons (Fsp3) is 0.571. The Labute approximate surface area is 112 Å². The van der Waals surface area contributed by atoms with E-state index in [0.29, 0.717) is 0 Å². The SMILES string of the molecule is COc1c(C(C)N)cc2c(c1Br)CCCCC2. The van der Waals surface area contributed by atoms with Gasteiger partial charge < -0.3 is 10.5 Å². The van der Waals surface area contributed by atoms with Crippen molar-refractivity contribution in [3.05, 3.63) is 27.2 Å². The van der Waals surface area contributed by atoms with Gasteiger partial charge in [-0.1, -0.05) is 12.5 Å². The maximum Gasteiger partial charge on any atom is 0.138 e. The number of benzene rings is 1. The van der Waals surface area contributed by atoms with Crippen LogP contribution in [0.3, 0.4) is 0 Å². The van der Waals surface area contributed by atoms with Gasteiger partial charge in [0.1, 0.15) is 5.75 Å². The fourth-order valence-corrected chi connectivity index (χ4v) is 3.42. The molecule has 0 heterocycles. The van der Waals surface area contributed by atoms with Gasteiger partial charge in [0.05, 0.1) is 11.6 Å². The van der Waals surface area contributed by atoms with Crippen LogP contribution in [-0.4, -0.2) is 7.11 Å². The van der Waals surface area contributed by atoms with Crippen molar-refractivity contribution in [2.75, 3.05) is 7.11 Å². The van der Waals surface area contributed by atoms with Crippen molar-refractivity contribution in [2.24, 2.45) is 5.73 Å². The number of hydrogen-bond donors (Lipinski definition) is 1. The monoisotopic (exact) mass is 297 g/mol. The zero-order chi connectivity index (χ0) is 12.4. The van der Waals surface area contributed by atoms with Crippen LogP contribution < -0.4 is 10.5 Å². The molecule has 94 valence electrons. The van der Waals surface area contributed by atoms with E-state index in [0.717, 1.165) is 28.6 Å². The summed E-state index contributed by atoms with van der Waals surface area (Å²) in [6.45, 7) is 2.01. The summed E-state index contributed by atoms with van der Waals surface area (Å²) in [6, 6.07) is 2.25. The summed E-state index contributed by atoms with van der Waals surface area (Å²) < 4.78 is 6.63. The molecule has 1 atom stereocenters. The fourth-order valence-electron chi connectivity index (χ4n) is 2.58. The second kappa shape index (κ2) is 5.40. The Morgan fingerprint density at radius 2 is 2.00 bits per heavy atom. The smallest absolute Gasteiger partial charge is 0.138 e. The largest absolute Gasteiger partial charge is 0.495 e. The molecule has 2 N–H and O–H groups in total. The highest BCUT2D eigenvalue weighted by Gasteiger charge is 2.19. The predicted octanol–water partition coefficient (Wildman–Crippen LogP) is 3.75. The highest BCUT2D eigenvalue weighted by Crippen LogP contribution is 2.39. The van der Waals surface area contributed by atoms with E-state index in [4.69, 9.17) is 10.5 Å². The Bertz CT molecular complexity index is 415. The highest BCUT2D eigenvalue weighted by molar-refractivity contribution is 9.10. The normalized spacial score (nSPS) is 17.2. The van der Waals surface area contributed by atoms with Crippen LogP contribution in [0, 0.1) is 0 Å². The molecule has 0 saturated heterocycles. The van der Waals surface area contributed by atoms with Crippen molar-refractivity contribution in [3.8, 4) is 5.75 Å². The number of ether oxygens (including phenoxy) is 1. The van der Waals surface area contributed by atoms with Gasteiger partial charge in [-0.15, -0.1) is 0 Å². The molecule has 1 aliphatic rings. The molecule has 1 aromatic carbocycles. The van der Waals surface area contributed by atoms with E-state index in [1.807, 2.05) is 6.92 Å². The zero-order valence-corrected chi connectivity index (χ0v) is 12.1. The molecule has 2 nitrogen and oxygen atoms in total. The van der Waals surface area contributed by atoms with E-state index >= 15 is 0 Å². The van der Waals surface area contributed by atoms with Crippen molar-refractivity contribution < 1.29 is 4.74 Å². The van der Waals surface area contributed by atoms with E-state index in [-0.39, 0.29) is 6.04 Å². The molecular weight excluding hydrogens is 278 g/mol. The summed E-state index contributed by atoms with van der Waals surface area (Å²) in [5, 5.41) is 0. The minimum Gasteiger partial charge on any atom is -0.495 e. The molecule has 0 saturated carbocycles. The number of hydrogen-bond acceptors (Lipinski definition) is 2. The van der Waals surface area contributed by atoms with Crippen LogP contribution >= 0.6 is 15.9 Å². The minimum atomic E-state index is 0.00908. The molecule has 3 heteroatoms. The van der Waals surface area contributed by atoms with Gasteiger partial charge in [0.25, 0.3) is 0 Å². The maximum absolute atomic E-state index is 6.03. The minimum absolute atomic E-state index is 0.00908. The van der Waals surface area contributed by atoms with Crippen molar-refractivity contribution >= 4 is 15.9 Å². The molecular formula is C14H20BrNO. The van der Waals surface area contributed by atoms with Crippen LogP contribution in [0.2, 0.25) is 0 Å². The van der Waals surface area contributed by atoms with Gasteiger partial charge in [-0.05, 0) is 59.7 Å². The average molecular weight is 298 g/mol. The van der Waals surface area contributed by atoms with Crippen LogP contribution in [0.15, 0.2) is 10.5 Å². The molecule has 0 fully saturated rings. The van der Waals surface area contributed by atoms with E-state index < -0.39 is 0 Å². The van der Waals surface area contributed by atoms with Crippen LogP contribution in [0.4, 0.5) is 0 Å². The van der Waals surface area contributed by atoms with Gasteiger partial charge in [-0.3, -0.25) is 0 Å². The standard InChI is InChI=1S/C14H20BrNO/c1-9(16)12-8-10-6-4-3-5-7-11(10)13(15)14(12)17-2/h8-9H,3-7,16H2,1-2H3. The first-order valence-corrected chi connectivity index (χ1v) is 7.08. The molecule has 0 aromatic heterocycles. The topological polar surface area (TPSA) is 35.2 Å². The predicted molar refractivity (Wildman–Crippen MR) is 74.6 cm³/mol. The maximum atomic E-state index is 6.03. The molecule has 1 aromatic rings. The zero-order valence-electron chi connectivity index (χ0n) is 10.6. The first-order valence-electron chi connectivity index (χ1n) is 6.29. The summed E-state index contributed by atoms with van der Waals surface area (Å²) >= 11 is 3.70. The third kappa shape index (κ3) is 2.50. The molecule has 0 spiro atoms. The van der Waals surface area contributed by atoms with Gasteiger partial charge in [0.15, 0.2) is 0 Å². The third-order valence-electron chi connectivity index (χ3n) is 3.51. The summed E-state index contributed by atoms with van der Waals surface area (Å²) in [6.07, 6.45) is 6.18. The Kier molecular flexibility index (Phi) is 4.10. The van der Waals surface area contributed by atoms with Crippen molar-refractivity contribution in [2.45, 2.75) is 45.1 Å². The summed E-state index contributed by atoms with van der Waals surface area (Å²) in [7, 11) is 1.72. The molecule has 2 rings (SSSR count). The first kappa shape index (κ1) is 12.9. The Morgan fingerprint density at radius 1 is 1.29 bits per heavy atom. The molecule has 0 bridgehead atoms. The second-order valence-electron chi connectivity index (χ2n) is 4.80. The van der Waals surface area contributed by atoms with Crippen LogP contribution in [-0.2, 0) is 12.8 Å². The number of fused-ring (bicyclic) bond motifs is 1. The lowest BCUT2D eigenvalue weighted by molar-refractivity contribution is 0.403. The van der Waals surface area contributed by atoms with E-state index in [1.165, 1.54) is 30.4 Å². The lowest BCUT2D eigenvalue weighted by atomic mass is 9.96. The average Bonchev–Trinajstić information content (AvgIpc) is 2.54. The lowest BCUT2D eigenvalue weighted by Gasteiger charge is -2.19. The van der Waals surface area contributed by atoms with Crippen molar-refractivity contribution in [3.63, 3.8) is 0 Å². The van der Waals surface area contributed by atoms with Gasteiger partial charge in [0, 0.05) is 11.6 Å². The van der Waals surface area contributed by atoms with E-state index in [2.05, 4.69) is 22.0 Å². The summed E-state index contributed by atoms with van der Waals surface area (Å²) in [4.78, 5) is 0. The molecule has 0 amide bonds. The Balaban J connectivity index is 2.57. The van der Waals surface area contributed by atoms with Crippen LogP contribution in [0.5, 0.6) is 5.75 Å². The van der Waals surface area contributed by atoms with Crippen LogP contribution in [0.1, 0.15) is 48.9 Å². The third-order valence-corrected chi connectivity index (χ3v) is 4.35. The van der Waals surface area contributed by atoms with Gasteiger partial charge in [-0.2, -0.15) is 0 Å². The number of rotatable bonds is 2. The Hall–Kier alpha value is -0.540. The number of methoxy groups -OCH3 is 1. The number of halogens is 1. The first-order chi connectivity index (χ1) is 8.15. The van der Waals surface area contributed by atoms with Gasteiger partial charge in [-0.25, -0.2) is 0 Å². The molecule has 17 heavy (non-hydrogen) atoms. The molecule has 0 radical (unpaired) electrons. The molecule has 1 aliphatic carbocycles. The summed E-state index contributed by atoms with van der Waals surface area (Å²) in [5.41, 5.74) is 10.0. The quantitative estimate of drug-likeness (QED) is 0.844. The molecule has 0 aliphatic heterocycles. The van der Waals surface area contributed by atoms with Crippen molar-refractivity contribution in [1.29, 1.82) is 0 Å².